The van der Waals surface area contributed by atoms with Crippen molar-refractivity contribution in [2.24, 2.45) is 0 Å². The summed E-state index contributed by atoms with van der Waals surface area (Å²) in [6.45, 7) is 8.22. The Balaban J connectivity index is 1.99. The second-order valence-corrected chi connectivity index (χ2v) is 8.30. The van der Waals surface area contributed by atoms with Gasteiger partial charge in [-0.3, -0.25) is 0 Å². The van der Waals surface area contributed by atoms with Crippen LogP contribution in [-0.2, 0) is 14.8 Å². The van der Waals surface area contributed by atoms with Gasteiger partial charge in [-0.05, 0) is 31.0 Å². The number of ether oxygens (including phenoxy) is 1. The van der Waals surface area contributed by atoms with Crippen molar-refractivity contribution in [1.82, 2.24) is 4.72 Å². The van der Waals surface area contributed by atoms with Crippen molar-refractivity contribution in [2.75, 3.05) is 39.4 Å². The summed E-state index contributed by atoms with van der Waals surface area (Å²) in [7, 11) is -3.67. The Hall–Kier alpha value is -0.370. The number of quaternary nitrogens is 1. The van der Waals surface area contributed by atoms with Crippen LogP contribution in [0.1, 0.15) is 17.5 Å². The summed E-state index contributed by atoms with van der Waals surface area (Å²) < 4.78 is 33.0. The van der Waals surface area contributed by atoms with E-state index in [0.717, 1.165) is 39.3 Å². The zero-order valence-electron chi connectivity index (χ0n) is 13.4. The van der Waals surface area contributed by atoms with E-state index >= 15 is 0 Å². The fraction of sp³-hybridized carbons (Fsp3) is 0.600. The van der Waals surface area contributed by atoms with Crippen LogP contribution in [0.3, 0.4) is 0 Å². The number of hydrogen-bond acceptors (Lipinski definition) is 3. The summed E-state index contributed by atoms with van der Waals surface area (Å²) in [5.41, 5.74) is 1.13. The van der Waals surface area contributed by atoms with Crippen molar-refractivity contribution in [3.8, 4) is 0 Å². The van der Waals surface area contributed by atoms with Gasteiger partial charge in [-0.15, -0.1) is 0 Å². The highest BCUT2D eigenvalue weighted by Crippen LogP contribution is 2.33. The third-order valence-corrected chi connectivity index (χ3v) is 6.68. The van der Waals surface area contributed by atoms with E-state index in [0.29, 0.717) is 22.7 Å². The van der Waals surface area contributed by atoms with E-state index in [9.17, 15) is 8.42 Å². The van der Waals surface area contributed by atoms with Gasteiger partial charge in [0, 0.05) is 18.0 Å². The summed E-state index contributed by atoms with van der Waals surface area (Å²) in [6, 6.07) is 1.68. The van der Waals surface area contributed by atoms with E-state index in [1.54, 1.807) is 19.9 Å². The lowest BCUT2D eigenvalue weighted by molar-refractivity contribution is -0.908. The van der Waals surface area contributed by atoms with Crippen LogP contribution < -0.4 is 9.62 Å². The molecule has 0 atom stereocenters. The number of benzene rings is 1. The van der Waals surface area contributed by atoms with Gasteiger partial charge < -0.3 is 9.64 Å². The molecule has 0 amide bonds. The third kappa shape index (κ3) is 4.81. The standard InChI is InChI=1S/C15H22Cl2N2O3S/c1-11-10-13(16)12(2)15(14(11)17)23(20,21)18-4-3-5-19-6-8-22-9-7-19/h10,18H,3-9H2,1-2H3/p+1. The van der Waals surface area contributed by atoms with Crippen LogP contribution in [-0.4, -0.2) is 47.8 Å². The zero-order chi connectivity index (χ0) is 17.0. The van der Waals surface area contributed by atoms with E-state index in [1.807, 2.05) is 0 Å². The first-order valence-corrected chi connectivity index (χ1v) is 9.93. The van der Waals surface area contributed by atoms with E-state index in [2.05, 4.69) is 4.72 Å². The van der Waals surface area contributed by atoms with Crippen LogP contribution in [0.25, 0.3) is 0 Å². The molecule has 0 aromatic heterocycles. The minimum Gasteiger partial charge on any atom is -0.370 e. The SMILES string of the molecule is Cc1cc(Cl)c(C)c(S(=O)(=O)NCCC[NH+]2CCOCC2)c1Cl. The summed E-state index contributed by atoms with van der Waals surface area (Å²) in [5.74, 6) is 0. The van der Waals surface area contributed by atoms with Gasteiger partial charge in [0.05, 0.1) is 24.8 Å². The summed E-state index contributed by atoms with van der Waals surface area (Å²) >= 11 is 12.3. The van der Waals surface area contributed by atoms with Crippen molar-refractivity contribution in [1.29, 1.82) is 0 Å². The van der Waals surface area contributed by atoms with Crippen LogP contribution in [0.2, 0.25) is 10.0 Å². The maximum absolute atomic E-state index is 12.5. The fourth-order valence-corrected chi connectivity index (χ4v) is 4.94. The molecular weight excluding hydrogens is 359 g/mol. The van der Waals surface area contributed by atoms with Crippen LogP contribution in [0.5, 0.6) is 0 Å². The van der Waals surface area contributed by atoms with E-state index in [1.165, 1.54) is 4.90 Å². The maximum Gasteiger partial charge on any atom is 0.242 e. The van der Waals surface area contributed by atoms with Crippen LogP contribution in [0.15, 0.2) is 11.0 Å². The van der Waals surface area contributed by atoms with Gasteiger partial charge in [0.2, 0.25) is 10.0 Å². The Morgan fingerprint density at radius 1 is 1.26 bits per heavy atom. The number of sulfonamides is 1. The Kier molecular flexibility index (Phi) is 6.71. The Morgan fingerprint density at radius 2 is 1.91 bits per heavy atom. The highest BCUT2D eigenvalue weighted by molar-refractivity contribution is 7.89. The molecule has 1 aliphatic rings. The number of hydrogen-bond donors (Lipinski definition) is 2. The first-order valence-electron chi connectivity index (χ1n) is 7.69. The Labute approximate surface area is 148 Å². The normalized spacial score (nSPS) is 16.7. The molecule has 0 bridgehead atoms. The first kappa shape index (κ1) is 19.0. The largest absolute Gasteiger partial charge is 0.370 e. The Morgan fingerprint density at radius 3 is 2.57 bits per heavy atom. The third-order valence-electron chi connectivity index (χ3n) is 4.06. The van der Waals surface area contributed by atoms with Gasteiger partial charge in [0.1, 0.15) is 18.0 Å². The minimum absolute atomic E-state index is 0.0860. The van der Waals surface area contributed by atoms with Gasteiger partial charge in [-0.1, -0.05) is 23.2 Å². The molecule has 1 aliphatic heterocycles. The zero-order valence-corrected chi connectivity index (χ0v) is 15.7. The molecule has 1 saturated heterocycles. The molecule has 0 unspecified atom stereocenters. The molecule has 2 rings (SSSR count). The van der Waals surface area contributed by atoms with Crippen LogP contribution in [0.4, 0.5) is 0 Å². The number of halogens is 2. The minimum atomic E-state index is -3.67. The predicted octanol–water partition coefficient (Wildman–Crippen LogP) is 1.19. The smallest absolute Gasteiger partial charge is 0.242 e. The average Bonchev–Trinajstić information content (AvgIpc) is 2.51. The molecule has 0 radical (unpaired) electrons. The van der Waals surface area contributed by atoms with Crippen LogP contribution >= 0.6 is 23.2 Å². The van der Waals surface area contributed by atoms with Crippen molar-refractivity contribution < 1.29 is 18.1 Å². The first-order chi connectivity index (χ1) is 10.8. The monoisotopic (exact) mass is 381 g/mol. The lowest BCUT2D eigenvalue weighted by Crippen LogP contribution is -3.14. The molecule has 1 aromatic carbocycles. The summed E-state index contributed by atoms with van der Waals surface area (Å²) in [6.07, 6.45) is 0.769. The van der Waals surface area contributed by atoms with Gasteiger partial charge in [0.25, 0.3) is 0 Å². The molecule has 5 nitrogen and oxygen atoms in total. The van der Waals surface area contributed by atoms with Crippen molar-refractivity contribution in [3.63, 3.8) is 0 Å². The average molecular weight is 382 g/mol. The van der Waals surface area contributed by atoms with Gasteiger partial charge in [-0.25, -0.2) is 13.1 Å². The second kappa shape index (κ2) is 8.14. The summed E-state index contributed by atoms with van der Waals surface area (Å²) in [4.78, 5) is 1.53. The molecule has 0 saturated carbocycles. The lowest BCUT2D eigenvalue weighted by atomic mass is 10.2. The maximum atomic E-state index is 12.5. The number of nitrogens with one attached hydrogen (secondary N) is 2. The number of rotatable bonds is 6. The van der Waals surface area contributed by atoms with Crippen molar-refractivity contribution in [2.45, 2.75) is 25.2 Å². The molecule has 8 heteroatoms. The van der Waals surface area contributed by atoms with Gasteiger partial charge in [0.15, 0.2) is 0 Å². The molecule has 0 spiro atoms. The van der Waals surface area contributed by atoms with Crippen molar-refractivity contribution >= 4 is 33.2 Å². The molecule has 0 aliphatic carbocycles. The molecule has 1 fully saturated rings. The Bertz CT molecular complexity index is 633. The highest BCUT2D eigenvalue weighted by Gasteiger charge is 2.23. The molecule has 23 heavy (non-hydrogen) atoms. The second-order valence-electron chi connectivity index (χ2n) is 5.81. The number of aryl methyl sites for hydroxylation is 1. The molecular formula is C15H23Cl2N2O3S+. The molecule has 2 N–H and O–H groups in total. The topological polar surface area (TPSA) is 59.8 Å². The molecule has 130 valence electrons. The highest BCUT2D eigenvalue weighted by atomic mass is 35.5. The van der Waals surface area contributed by atoms with E-state index in [4.69, 9.17) is 27.9 Å². The van der Waals surface area contributed by atoms with E-state index in [-0.39, 0.29) is 9.92 Å². The molecule has 1 heterocycles. The van der Waals surface area contributed by atoms with Gasteiger partial charge in [-0.2, -0.15) is 0 Å². The fourth-order valence-electron chi connectivity index (χ4n) is 2.66. The van der Waals surface area contributed by atoms with E-state index < -0.39 is 10.0 Å². The predicted molar refractivity (Wildman–Crippen MR) is 92.1 cm³/mol. The van der Waals surface area contributed by atoms with Gasteiger partial charge >= 0.3 is 0 Å². The van der Waals surface area contributed by atoms with Crippen LogP contribution in [0, 0.1) is 13.8 Å². The summed E-state index contributed by atoms with van der Waals surface area (Å²) in [5, 5.41) is 0.642. The number of morpholine rings is 1. The molecule has 1 aromatic rings. The quantitative estimate of drug-likeness (QED) is 0.727. The lowest BCUT2D eigenvalue weighted by Gasteiger charge is -2.23. The van der Waals surface area contributed by atoms with Crippen molar-refractivity contribution in [3.05, 3.63) is 27.2 Å².